The molecule has 0 bridgehead atoms. The molecule has 1 aromatic heterocycles. The minimum atomic E-state index is 0.147. The molecule has 0 aliphatic rings. The molecule has 8 aromatic carbocycles. The lowest BCUT2D eigenvalue weighted by atomic mass is 9.59. The third kappa shape index (κ3) is 5.35. The van der Waals surface area contributed by atoms with Crippen LogP contribution in [-0.2, 0) is 0 Å². The van der Waals surface area contributed by atoms with E-state index in [-0.39, 0.29) is 43.7 Å². The molecule has 242 valence electrons. The summed E-state index contributed by atoms with van der Waals surface area (Å²) in [6, 6.07) is 31.5. The van der Waals surface area contributed by atoms with E-state index in [1.165, 1.54) is 21.5 Å². The summed E-state index contributed by atoms with van der Waals surface area (Å²) in [5, 5.41) is 8.74. The van der Waals surface area contributed by atoms with Gasteiger partial charge in [-0.05, 0) is 114 Å². The van der Waals surface area contributed by atoms with Gasteiger partial charge in [-0.1, -0.05) is 113 Å². The van der Waals surface area contributed by atoms with E-state index in [1.807, 2.05) is 49.4 Å². The molecule has 0 fully saturated rings. The molecular weight excluding hydrogens is 667 g/mol. The second kappa shape index (κ2) is 13.5. The van der Waals surface area contributed by atoms with Crippen molar-refractivity contribution in [3.05, 3.63) is 127 Å². The zero-order valence-corrected chi connectivity index (χ0v) is 30.7. The number of benzene rings is 8. The number of furan rings is 1. The average Bonchev–Trinajstić information content (AvgIpc) is 3.59. The maximum atomic E-state index is 6.91. The van der Waals surface area contributed by atoms with Crippen LogP contribution in [0.15, 0.2) is 126 Å². The van der Waals surface area contributed by atoms with Gasteiger partial charge in [0.15, 0.2) is 0 Å². The first kappa shape index (κ1) is 36.0. The molecule has 0 N–H and O–H groups in total. The van der Waals surface area contributed by atoms with Gasteiger partial charge >= 0.3 is 0 Å². The Bertz CT molecular complexity index is 3180. The quantitative estimate of drug-likeness (QED) is 0.115. The molecule has 0 saturated heterocycles. The van der Waals surface area contributed by atoms with Gasteiger partial charge in [0.2, 0.25) is 0 Å². The smallest absolute Gasteiger partial charge is 0.136 e. The summed E-state index contributed by atoms with van der Waals surface area (Å²) in [5.41, 5.74) is 7.57. The number of hydrogen-bond donors (Lipinski definition) is 0. The number of allylic oxidation sites excluding steroid dienone is 5. The van der Waals surface area contributed by atoms with Crippen molar-refractivity contribution in [1.82, 2.24) is 0 Å². The molecule has 9 heteroatoms. The Morgan fingerprint density at radius 3 is 1.70 bits per heavy atom. The minimum Gasteiger partial charge on any atom is -0.456 e. The van der Waals surface area contributed by atoms with Crippen LogP contribution in [-0.4, -0.2) is 62.8 Å². The van der Waals surface area contributed by atoms with E-state index in [4.69, 9.17) is 67.2 Å². The Morgan fingerprint density at radius 1 is 0.482 bits per heavy atom. The molecule has 0 unspecified atom stereocenters. The van der Waals surface area contributed by atoms with Crippen molar-refractivity contribution in [2.45, 2.75) is 6.92 Å². The van der Waals surface area contributed by atoms with E-state index in [2.05, 4.69) is 79.4 Å². The molecule has 1 heterocycles. The van der Waals surface area contributed by atoms with Crippen molar-refractivity contribution in [1.29, 1.82) is 0 Å². The van der Waals surface area contributed by atoms with Gasteiger partial charge in [-0.3, -0.25) is 0 Å². The van der Waals surface area contributed by atoms with E-state index in [9.17, 15) is 0 Å². The van der Waals surface area contributed by atoms with E-state index in [1.54, 1.807) is 0 Å². The maximum Gasteiger partial charge on any atom is 0.136 e. The molecule has 9 aromatic rings. The molecule has 0 aliphatic heterocycles. The molecule has 56 heavy (non-hydrogen) atoms. The van der Waals surface area contributed by atoms with Crippen LogP contribution in [0, 0.1) is 0 Å². The van der Waals surface area contributed by atoms with Crippen LogP contribution in [0.3, 0.4) is 0 Å². The lowest BCUT2D eigenvalue weighted by Gasteiger charge is -2.28. The van der Waals surface area contributed by atoms with Gasteiger partial charge in [0.25, 0.3) is 0 Å². The van der Waals surface area contributed by atoms with Crippen molar-refractivity contribution in [2.24, 2.45) is 0 Å². The van der Waals surface area contributed by atoms with E-state index >= 15 is 0 Å². The largest absolute Gasteiger partial charge is 0.456 e. The summed E-state index contributed by atoms with van der Waals surface area (Å²) in [6.45, 7) is 6.32. The normalized spacial score (nSPS) is 12.2. The first-order chi connectivity index (χ1) is 27.0. The zero-order valence-electron chi connectivity index (χ0n) is 30.7. The zero-order chi connectivity index (χ0) is 39.2. The second-order valence-electron chi connectivity index (χ2n) is 14.2. The van der Waals surface area contributed by atoms with Crippen molar-refractivity contribution in [2.75, 3.05) is 0 Å². The van der Waals surface area contributed by atoms with E-state index in [0.717, 1.165) is 33.0 Å². The van der Waals surface area contributed by atoms with Gasteiger partial charge in [0.05, 0.1) is 0 Å². The first-order valence-electron chi connectivity index (χ1n) is 18.1. The number of fused-ring (bicyclic) bond motifs is 8. The molecule has 0 spiro atoms. The van der Waals surface area contributed by atoms with Crippen molar-refractivity contribution < 1.29 is 4.42 Å². The molecule has 0 saturated carbocycles. The van der Waals surface area contributed by atoms with Crippen LogP contribution in [0.2, 0.25) is 0 Å². The molecule has 0 atom stereocenters. The van der Waals surface area contributed by atoms with Crippen LogP contribution in [0.4, 0.5) is 0 Å². The van der Waals surface area contributed by atoms with Gasteiger partial charge < -0.3 is 4.42 Å². The van der Waals surface area contributed by atoms with E-state index in [0.29, 0.717) is 43.8 Å². The van der Waals surface area contributed by atoms with Crippen LogP contribution in [0.25, 0.3) is 92.9 Å². The lowest BCUT2D eigenvalue weighted by molar-refractivity contribution is 0.669. The third-order valence-corrected chi connectivity index (χ3v) is 11.1. The Kier molecular flexibility index (Phi) is 8.69. The summed E-state index contributed by atoms with van der Waals surface area (Å²) in [4.78, 5) is 0. The second-order valence-corrected chi connectivity index (χ2v) is 14.2. The summed E-state index contributed by atoms with van der Waals surface area (Å²) in [7, 11) is 53.7. The number of rotatable bonds is 5. The summed E-state index contributed by atoms with van der Waals surface area (Å²) in [5.74, 6) is 0. The fourth-order valence-electron chi connectivity index (χ4n) is 8.23. The number of hydrogen-bond acceptors (Lipinski definition) is 1. The molecule has 9 rings (SSSR count). The highest BCUT2D eigenvalue weighted by atomic mass is 16.3. The van der Waals surface area contributed by atoms with Gasteiger partial charge in [-0.15, -0.1) is 21.9 Å². The fourth-order valence-corrected chi connectivity index (χ4v) is 8.23. The standard InChI is InChI=1S/C47H24B8O/c1-3-4-5-8-22(2)34-36-38(42(50)46(54)44(52)40(36)48)35(39-37(34)41(49)45(53)47(55)43(39)51)27-15-18-32-31(20-27)30-17-14-25(21-33(30)56-32)24-13-16-29-26(19-24)12-11-23-9-6-7-10-28(23)29/h3-21H,2H2,1H3/b4-3-,8-5-. The monoisotopic (exact) mass is 692 g/mol. The summed E-state index contributed by atoms with van der Waals surface area (Å²) < 4.78 is 6.49. The summed E-state index contributed by atoms with van der Waals surface area (Å²) >= 11 is 0. The fraction of sp³-hybridized carbons (Fsp3) is 0.0213. The van der Waals surface area contributed by atoms with Crippen LogP contribution < -0.4 is 43.7 Å². The van der Waals surface area contributed by atoms with Gasteiger partial charge in [0, 0.05) is 10.8 Å². The molecular formula is C47H24B8O. The van der Waals surface area contributed by atoms with Crippen molar-refractivity contribution >= 4 is 177 Å². The predicted octanol–water partition coefficient (Wildman–Crippen LogP) is 4.03. The lowest BCUT2D eigenvalue weighted by Crippen LogP contribution is -2.50. The van der Waals surface area contributed by atoms with E-state index < -0.39 is 0 Å². The molecule has 0 aliphatic carbocycles. The molecule has 0 amide bonds. The van der Waals surface area contributed by atoms with Crippen molar-refractivity contribution in [3.8, 4) is 22.3 Å². The molecule has 16 radical (unpaired) electrons. The minimum absolute atomic E-state index is 0.147. The predicted molar refractivity (Wildman–Crippen MR) is 251 cm³/mol. The highest BCUT2D eigenvalue weighted by molar-refractivity contribution is 6.70. The van der Waals surface area contributed by atoms with Gasteiger partial charge in [-0.2, -0.15) is 0 Å². The average molecular weight is 691 g/mol. The highest BCUT2D eigenvalue weighted by Gasteiger charge is 2.25. The van der Waals surface area contributed by atoms with Crippen LogP contribution in [0.5, 0.6) is 0 Å². The highest BCUT2D eigenvalue weighted by Crippen LogP contribution is 2.41. The van der Waals surface area contributed by atoms with Crippen LogP contribution in [0.1, 0.15) is 12.5 Å². The van der Waals surface area contributed by atoms with Gasteiger partial charge in [-0.25, -0.2) is 0 Å². The Balaban J connectivity index is 1.31. The third-order valence-electron chi connectivity index (χ3n) is 11.1. The molecule has 1 nitrogen and oxygen atoms in total. The first-order valence-corrected chi connectivity index (χ1v) is 18.1. The SMILES string of the molecule is [B]c1c([B])c([B])c2c(-c3ccc4oc5cc(-c6ccc7c(ccc8ccccc87)c6)ccc5c4c3)c3c([B])c([B])c([B])c([B])c3c(C(=C)/C=C\C=C/C)c2c1[B]. The van der Waals surface area contributed by atoms with Crippen LogP contribution >= 0.6 is 0 Å². The maximum absolute atomic E-state index is 6.91. The van der Waals surface area contributed by atoms with Gasteiger partial charge in [0.1, 0.15) is 73.9 Å². The Hall–Kier alpha value is -5.66. The summed E-state index contributed by atoms with van der Waals surface area (Å²) in [6.07, 6.45) is 7.49. The topological polar surface area (TPSA) is 13.1 Å². The Labute approximate surface area is 336 Å². The Morgan fingerprint density at radius 2 is 1.04 bits per heavy atom. The van der Waals surface area contributed by atoms with Crippen molar-refractivity contribution in [3.63, 3.8) is 0 Å².